The van der Waals surface area contributed by atoms with E-state index in [2.05, 4.69) is 5.32 Å². The molecule has 0 aliphatic carbocycles. The number of carbonyl (C=O) groups is 1. The first-order chi connectivity index (χ1) is 11.1. The molecule has 2 aromatic rings. The first-order valence-corrected chi connectivity index (χ1v) is 7.37. The molecule has 5 heteroatoms. The lowest BCUT2D eigenvalue weighted by Crippen LogP contribution is -2.30. The minimum absolute atomic E-state index is 0.0900. The van der Waals surface area contributed by atoms with Crippen molar-refractivity contribution in [2.24, 2.45) is 0 Å². The van der Waals surface area contributed by atoms with E-state index >= 15 is 0 Å². The number of hydrogen-bond donors (Lipinski definition) is 1. The molecule has 0 radical (unpaired) electrons. The number of aryl methyl sites for hydroxylation is 1. The maximum atomic E-state index is 12.7. The Labute approximate surface area is 135 Å². The van der Waals surface area contributed by atoms with Crippen LogP contribution in [0.3, 0.4) is 0 Å². The predicted octanol–water partition coefficient (Wildman–Crippen LogP) is 2.88. The molecule has 1 amide bonds. The van der Waals surface area contributed by atoms with Gasteiger partial charge in [0.25, 0.3) is 5.91 Å². The highest BCUT2D eigenvalue weighted by molar-refractivity contribution is 5.77. The summed E-state index contributed by atoms with van der Waals surface area (Å²) in [7, 11) is 1.64. The molecule has 0 aliphatic rings. The van der Waals surface area contributed by atoms with Gasteiger partial charge in [-0.15, -0.1) is 0 Å². The smallest absolute Gasteiger partial charge is 0.257 e. The number of ether oxygens (including phenoxy) is 2. The van der Waals surface area contributed by atoms with E-state index < -0.39 is 0 Å². The number of hydrogen-bond acceptors (Lipinski definition) is 3. The number of amides is 1. The molecule has 0 heterocycles. The van der Waals surface area contributed by atoms with Gasteiger partial charge in [0.2, 0.25) is 0 Å². The van der Waals surface area contributed by atoms with Crippen LogP contribution in [0.15, 0.2) is 42.5 Å². The van der Waals surface area contributed by atoms with Crippen molar-refractivity contribution in [3.8, 4) is 11.5 Å². The average molecular weight is 317 g/mol. The Kier molecular flexibility index (Phi) is 5.97. The second-order valence-electron chi connectivity index (χ2n) is 5.15. The highest BCUT2D eigenvalue weighted by atomic mass is 19.1. The lowest BCUT2D eigenvalue weighted by Gasteiger charge is -2.09. The third-order valence-corrected chi connectivity index (χ3v) is 3.38. The summed E-state index contributed by atoms with van der Waals surface area (Å²) >= 11 is 0. The largest absolute Gasteiger partial charge is 0.496 e. The van der Waals surface area contributed by atoms with E-state index in [1.807, 2.05) is 25.1 Å². The van der Waals surface area contributed by atoms with E-state index in [1.165, 1.54) is 24.3 Å². The zero-order chi connectivity index (χ0) is 16.7. The molecular formula is C18H20FNO3. The third-order valence-electron chi connectivity index (χ3n) is 3.38. The summed E-state index contributed by atoms with van der Waals surface area (Å²) < 4.78 is 23.2. The van der Waals surface area contributed by atoms with Crippen molar-refractivity contribution < 1.29 is 18.7 Å². The average Bonchev–Trinajstić information content (AvgIpc) is 2.54. The van der Waals surface area contributed by atoms with E-state index in [4.69, 9.17) is 9.47 Å². The van der Waals surface area contributed by atoms with Crippen molar-refractivity contribution in [2.75, 3.05) is 20.3 Å². The quantitative estimate of drug-likeness (QED) is 0.854. The lowest BCUT2D eigenvalue weighted by molar-refractivity contribution is -0.123. The van der Waals surface area contributed by atoms with Crippen molar-refractivity contribution in [3.05, 3.63) is 59.4 Å². The second kappa shape index (κ2) is 8.17. The Morgan fingerprint density at radius 1 is 1.17 bits per heavy atom. The first kappa shape index (κ1) is 16.8. The summed E-state index contributed by atoms with van der Waals surface area (Å²) in [4.78, 5) is 11.7. The van der Waals surface area contributed by atoms with E-state index in [9.17, 15) is 9.18 Å². The van der Waals surface area contributed by atoms with Crippen LogP contribution in [0.5, 0.6) is 11.5 Å². The van der Waals surface area contributed by atoms with Gasteiger partial charge in [-0.05, 0) is 54.8 Å². The second-order valence-corrected chi connectivity index (χ2v) is 5.15. The summed E-state index contributed by atoms with van der Waals surface area (Å²) in [6.45, 7) is 2.42. The molecule has 4 nitrogen and oxygen atoms in total. The van der Waals surface area contributed by atoms with Gasteiger partial charge in [-0.2, -0.15) is 0 Å². The summed E-state index contributed by atoms with van der Waals surface area (Å²) in [5.41, 5.74) is 2.19. The number of nitrogens with one attached hydrogen (secondary N) is 1. The monoisotopic (exact) mass is 317 g/mol. The molecule has 2 aromatic carbocycles. The molecule has 0 saturated carbocycles. The standard InChI is InChI=1S/C18H20FNO3/c1-13-11-14(3-8-17(13)22-2)9-10-20-18(21)12-23-16-6-4-15(19)5-7-16/h3-8,11H,9-10,12H2,1-2H3,(H,20,21). The minimum atomic E-state index is -0.336. The van der Waals surface area contributed by atoms with Gasteiger partial charge in [-0.1, -0.05) is 12.1 Å². The fraction of sp³-hybridized carbons (Fsp3) is 0.278. The normalized spacial score (nSPS) is 10.2. The van der Waals surface area contributed by atoms with Crippen LogP contribution >= 0.6 is 0 Å². The third kappa shape index (κ3) is 5.29. The fourth-order valence-electron chi connectivity index (χ4n) is 2.17. The molecule has 0 fully saturated rings. The van der Waals surface area contributed by atoms with E-state index in [0.29, 0.717) is 12.3 Å². The number of rotatable bonds is 7. The van der Waals surface area contributed by atoms with Crippen LogP contribution in [0, 0.1) is 12.7 Å². The lowest BCUT2D eigenvalue weighted by atomic mass is 10.1. The van der Waals surface area contributed by atoms with Crippen molar-refractivity contribution in [3.63, 3.8) is 0 Å². The van der Waals surface area contributed by atoms with Crippen LogP contribution < -0.4 is 14.8 Å². The Balaban J connectivity index is 1.72. The summed E-state index contributed by atoms with van der Waals surface area (Å²) in [6, 6.07) is 11.5. The Morgan fingerprint density at radius 3 is 2.57 bits per heavy atom. The molecule has 0 spiro atoms. The van der Waals surface area contributed by atoms with Gasteiger partial charge in [-0.25, -0.2) is 4.39 Å². The topological polar surface area (TPSA) is 47.6 Å². The van der Waals surface area contributed by atoms with Crippen molar-refractivity contribution in [1.82, 2.24) is 5.32 Å². The number of carbonyl (C=O) groups excluding carboxylic acids is 1. The first-order valence-electron chi connectivity index (χ1n) is 7.37. The molecule has 0 aliphatic heterocycles. The van der Waals surface area contributed by atoms with Crippen LogP contribution in [0.25, 0.3) is 0 Å². The molecule has 2 rings (SSSR count). The molecule has 0 aromatic heterocycles. The Morgan fingerprint density at radius 2 is 1.91 bits per heavy atom. The SMILES string of the molecule is COc1ccc(CCNC(=O)COc2ccc(F)cc2)cc1C. The van der Waals surface area contributed by atoms with Crippen molar-refractivity contribution >= 4 is 5.91 Å². The van der Waals surface area contributed by atoms with Gasteiger partial charge in [0, 0.05) is 6.54 Å². The molecule has 122 valence electrons. The van der Waals surface area contributed by atoms with Crippen molar-refractivity contribution in [2.45, 2.75) is 13.3 Å². The van der Waals surface area contributed by atoms with E-state index in [0.717, 1.165) is 23.3 Å². The van der Waals surface area contributed by atoms with E-state index in [-0.39, 0.29) is 18.3 Å². The molecule has 1 N–H and O–H groups in total. The zero-order valence-corrected chi connectivity index (χ0v) is 13.3. The van der Waals surface area contributed by atoms with E-state index in [1.54, 1.807) is 7.11 Å². The van der Waals surface area contributed by atoms with Gasteiger partial charge in [-0.3, -0.25) is 4.79 Å². The summed E-state index contributed by atoms with van der Waals surface area (Å²) in [5, 5.41) is 2.79. The minimum Gasteiger partial charge on any atom is -0.496 e. The van der Waals surface area contributed by atoms with Gasteiger partial charge < -0.3 is 14.8 Å². The highest BCUT2D eigenvalue weighted by Crippen LogP contribution is 2.18. The Hall–Kier alpha value is -2.56. The number of halogens is 1. The van der Waals surface area contributed by atoms with Crippen LogP contribution in [0.1, 0.15) is 11.1 Å². The molecule has 0 bridgehead atoms. The van der Waals surface area contributed by atoms with Crippen LogP contribution in [-0.2, 0) is 11.2 Å². The molecule has 23 heavy (non-hydrogen) atoms. The van der Waals surface area contributed by atoms with Crippen LogP contribution in [0.2, 0.25) is 0 Å². The summed E-state index contributed by atoms with van der Waals surface area (Å²) in [5.74, 6) is 0.772. The highest BCUT2D eigenvalue weighted by Gasteiger charge is 2.04. The van der Waals surface area contributed by atoms with Crippen molar-refractivity contribution in [1.29, 1.82) is 0 Å². The zero-order valence-electron chi connectivity index (χ0n) is 13.3. The molecule has 0 saturated heterocycles. The van der Waals surface area contributed by atoms with Gasteiger partial charge >= 0.3 is 0 Å². The molecule has 0 unspecified atom stereocenters. The molecular weight excluding hydrogens is 297 g/mol. The predicted molar refractivity (Wildman–Crippen MR) is 86.3 cm³/mol. The molecule has 0 atom stereocenters. The van der Waals surface area contributed by atoms with Gasteiger partial charge in [0.1, 0.15) is 17.3 Å². The van der Waals surface area contributed by atoms with Gasteiger partial charge in [0.05, 0.1) is 7.11 Å². The van der Waals surface area contributed by atoms with Gasteiger partial charge in [0.15, 0.2) is 6.61 Å². The fourth-order valence-corrected chi connectivity index (χ4v) is 2.17. The Bertz CT molecular complexity index is 656. The summed E-state index contributed by atoms with van der Waals surface area (Å²) in [6.07, 6.45) is 0.729. The van der Waals surface area contributed by atoms with Crippen LogP contribution in [0.4, 0.5) is 4.39 Å². The van der Waals surface area contributed by atoms with Crippen LogP contribution in [-0.4, -0.2) is 26.2 Å². The number of benzene rings is 2. The number of methoxy groups -OCH3 is 1. The maximum Gasteiger partial charge on any atom is 0.257 e. The maximum absolute atomic E-state index is 12.7.